The topological polar surface area (TPSA) is 70.9 Å². The van der Waals surface area contributed by atoms with Crippen LogP contribution in [0.3, 0.4) is 0 Å². The number of hydrazone groups is 1. The van der Waals surface area contributed by atoms with Gasteiger partial charge in [0.25, 0.3) is 10.0 Å². The zero-order valence-corrected chi connectivity index (χ0v) is 12.3. The van der Waals surface area contributed by atoms with Crippen molar-refractivity contribution >= 4 is 22.1 Å². The van der Waals surface area contributed by atoms with E-state index in [-0.39, 0.29) is 4.90 Å². The van der Waals surface area contributed by atoms with Gasteiger partial charge in [0.05, 0.1) is 10.6 Å². The Morgan fingerprint density at radius 1 is 1.00 bits per heavy atom. The first-order chi connectivity index (χ1) is 10.1. The molecule has 5 nitrogen and oxygen atoms in total. The molecule has 2 aromatic carbocycles. The van der Waals surface area contributed by atoms with E-state index >= 15 is 0 Å². The number of nitrogens with one attached hydrogen (secondary N) is 1. The third-order valence-electron chi connectivity index (χ3n) is 2.71. The van der Waals surface area contributed by atoms with Crippen molar-refractivity contribution in [2.45, 2.75) is 11.8 Å². The number of hydrogen-bond donors (Lipinski definition) is 1. The number of nitrogens with zero attached hydrogens (tertiary/aromatic N) is 2. The van der Waals surface area contributed by atoms with Crippen LogP contribution < -0.4 is 5.43 Å². The first-order valence-electron chi connectivity index (χ1n) is 6.29. The van der Waals surface area contributed by atoms with Crippen LogP contribution in [0, 0.1) is 0 Å². The first kappa shape index (κ1) is 14.9. The van der Waals surface area contributed by atoms with Gasteiger partial charge in [-0.25, -0.2) is 0 Å². The molecule has 0 saturated carbocycles. The standard InChI is InChI=1S/C15H15N3O2S/c1-13(14-8-4-2-5-9-14)18-16-12-17-21(19,20)15-10-6-3-7-11-15/h2-12H,1H3,(H,16,17). The van der Waals surface area contributed by atoms with Crippen LogP contribution in [0.4, 0.5) is 0 Å². The van der Waals surface area contributed by atoms with Crippen LogP contribution in [0.25, 0.3) is 0 Å². The molecule has 21 heavy (non-hydrogen) atoms. The third kappa shape index (κ3) is 4.25. The van der Waals surface area contributed by atoms with E-state index in [9.17, 15) is 8.42 Å². The lowest BCUT2D eigenvalue weighted by atomic mass is 10.1. The van der Waals surface area contributed by atoms with Gasteiger partial charge < -0.3 is 0 Å². The maximum atomic E-state index is 11.9. The molecule has 0 radical (unpaired) electrons. The highest BCUT2D eigenvalue weighted by atomic mass is 32.2. The van der Waals surface area contributed by atoms with E-state index in [0.717, 1.165) is 17.6 Å². The van der Waals surface area contributed by atoms with Crippen molar-refractivity contribution in [3.8, 4) is 0 Å². The zero-order valence-electron chi connectivity index (χ0n) is 11.5. The fourth-order valence-corrected chi connectivity index (χ4v) is 2.42. The molecule has 0 atom stereocenters. The van der Waals surface area contributed by atoms with Gasteiger partial charge >= 0.3 is 0 Å². The number of rotatable bonds is 5. The lowest BCUT2D eigenvalue weighted by Gasteiger charge is -2.00. The summed E-state index contributed by atoms with van der Waals surface area (Å²) in [4.78, 5) is 0.145. The number of benzene rings is 2. The summed E-state index contributed by atoms with van der Waals surface area (Å²) in [6, 6.07) is 17.6. The Hall–Kier alpha value is -2.47. The van der Waals surface area contributed by atoms with Crippen molar-refractivity contribution in [2.24, 2.45) is 9.50 Å². The first-order valence-corrected chi connectivity index (χ1v) is 7.73. The number of sulfonamides is 1. The highest BCUT2D eigenvalue weighted by molar-refractivity contribution is 7.90. The van der Waals surface area contributed by atoms with Crippen molar-refractivity contribution in [1.29, 1.82) is 0 Å². The minimum absolute atomic E-state index is 0.145. The average molecular weight is 301 g/mol. The minimum atomic E-state index is -3.69. The fraction of sp³-hybridized carbons (Fsp3) is 0.0667. The van der Waals surface area contributed by atoms with Gasteiger partial charge in [0.15, 0.2) is 0 Å². The molecule has 0 heterocycles. The van der Waals surface area contributed by atoms with E-state index in [2.05, 4.69) is 14.9 Å². The summed E-state index contributed by atoms with van der Waals surface area (Å²) in [6.07, 6.45) is 1.06. The molecule has 0 unspecified atom stereocenters. The van der Waals surface area contributed by atoms with Crippen molar-refractivity contribution < 1.29 is 8.42 Å². The van der Waals surface area contributed by atoms with Crippen LogP contribution in [0.5, 0.6) is 0 Å². The molecule has 6 heteroatoms. The van der Waals surface area contributed by atoms with Gasteiger partial charge in [-0.3, -0.25) is 5.43 Å². The Morgan fingerprint density at radius 3 is 2.19 bits per heavy atom. The Labute approximate surface area is 124 Å². The molecule has 0 aliphatic heterocycles. The zero-order chi connectivity index (χ0) is 15.1. The quantitative estimate of drug-likeness (QED) is 0.524. The number of hydrogen-bond acceptors (Lipinski definition) is 3. The third-order valence-corrected chi connectivity index (χ3v) is 3.96. The van der Waals surface area contributed by atoms with Gasteiger partial charge in [-0.2, -0.15) is 13.5 Å². The molecule has 0 amide bonds. The largest absolute Gasteiger partial charge is 0.283 e. The minimum Gasteiger partial charge on any atom is -0.267 e. The van der Waals surface area contributed by atoms with Crippen LogP contribution in [0.2, 0.25) is 0 Å². The van der Waals surface area contributed by atoms with E-state index in [4.69, 9.17) is 0 Å². The average Bonchev–Trinajstić information content (AvgIpc) is 2.53. The summed E-state index contributed by atoms with van der Waals surface area (Å²) < 4.78 is 27.2. The SMILES string of the molecule is CC(=NN/C=N/S(=O)(=O)c1ccccc1)c1ccccc1. The predicted molar refractivity (Wildman–Crippen MR) is 83.9 cm³/mol. The summed E-state index contributed by atoms with van der Waals surface area (Å²) in [6.45, 7) is 1.82. The van der Waals surface area contributed by atoms with Crippen molar-refractivity contribution in [1.82, 2.24) is 5.43 Å². The van der Waals surface area contributed by atoms with Gasteiger partial charge in [-0.1, -0.05) is 48.5 Å². The van der Waals surface area contributed by atoms with E-state index in [1.807, 2.05) is 37.3 Å². The van der Waals surface area contributed by atoms with Crippen molar-refractivity contribution in [3.63, 3.8) is 0 Å². The molecular formula is C15H15N3O2S. The fourth-order valence-electron chi connectivity index (χ4n) is 1.62. The lowest BCUT2D eigenvalue weighted by molar-refractivity contribution is 0.598. The van der Waals surface area contributed by atoms with Crippen LogP contribution in [-0.2, 0) is 10.0 Å². The Morgan fingerprint density at radius 2 is 1.57 bits per heavy atom. The van der Waals surface area contributed by atoms with E-state index in [1.54, 1.807) is 18.2 Å². The van der Waals surface area contributed by atoms with Crippen molar-refractivity contribution in [2.75, 3.05) is 0 Å². The molecule has 0 saturated heterocycles. The van der Waals surface area contributed by atoms with Crippen LogP contribution in [0.1, 0.15) is 12.5 Å². The molecule has 0 aromatic heterocycles. The maximum absolute atomic E-state index is 11.9. The molecule has 0 aliphatic rings. The molecule has 2 rings (SSSR count). The highest BCUT2D eigenvalue weighted by Crippen LogP contribution is 2.09. The normalized spacial score (nSPS) is 12.5. The molecule has 2 aromatic rings. The molecule has 0 fully saturated rings. The smallest absolute Gasteiger partial charge is 0.267 e. The summed E-state index contributed by atoms with van der Waals surface area (Å²) in [7, 11) is -3.69. The monoisotopic (exact) mass is 301 g/mol. The van der Waals surface area contributed by atoms with Gasteiger partial charge in [0.1, 0.15) is 6.34 Å². The van der Waals surface area contributed by atoms with E-state index in [1.165, 1.54) is 12.1 Å². The molecular weight excluding hydrogens is 286 g/mol. The van der Waals surface area contributed by atoms with E-state index in [0.29, 0.717) is 0 Å². The maximum Gasteiger partial charge on any atom is 0.283 e. The summed E-state index contributed by atoms with van der Waals surface area (Å²) in [5.41, 5.74) is 4.21. The molecule has 108 valence electrons. The van der Waals surface area contributed by atoms with Gasteiger partial charge in [0.2, 0.25) is 0 Å². The second kappa shape index (κ2) is 6.81. The lowest BCUT2D eigenvalue weighted by Crippen LogP contribution is -2.09. The predicted octanol–water partition coefficient (Wildman–Crippen LogP) is 2.42. The van der Waals surface area contributed by atoms with Gasteiger partial charge in [0, 0.05) is 0 Å². The Kier molecular flexibility index (Phi) is 4.84. The summed E-state index contributed by atoms with van der Waals surface area (Å²) in [5.74, 6) is 0. The van der Waals surface area contributed by atoms with Crippen molar-refractivity contribution in [3.05, 3.63) is 66.2 Å². The van der Waals surface area contributed by atoms with Crippen LogP contribution >= 0.6 is 0 Å². The molecule has 0 spiro atoms. The highest BCUT2D eigenvalue weighted by Gasteiger charge is 2.09. The van der Waals surface area contributed by atoms with Gasteiger partial charge in [-0.05, 0) is 24.6 Å². The molecule has 0 bridgehead atoms. The Balaban J connectivity index is 2.03. The molecule has 0 aliphatic carbocycles. The Bertz CT molecular complexity index is 739. The van der Waals surface area contributed by atoms with Crippen LogP contribution in [0.15, 0.2) is 75.1 Å². The second-order valence-electron chi connectivity index (χ2n) is 4.21. The van der Waals surface area contributed by atoms with Gasteiger partial charge in [-0.15, -0.1) is 4.40 Å². The van der Waals surface area contributed by atoms with Crippen LogP contribution in [-0.4, -0.2) is 20.5 Å². The summed E-state index contributed by atoms with van der Waals surface area (Å²) in [5, 5.41) is 4.04. The summed E-state index contributed by atoms with van der Waals surface area (Å²) >= 11 is 0. The second-order valence-corrected chi connectivity index (χ2v) is 5.85. The molecule has 1 N–H and O–H groups in total. The van der Waals surface area contributed by atoms with E-state index < -0.39 is 10.0 Å².